The van der Waals surface area contributed by atoms with Crippen LogP contribution in [0, 0.1) is 17.7 Å². The largest absolute Gasteiger partial charge is 0.344 e. The number of aryl methyl sites for hydroxylation is 2. The lowest BCUT2D eigenvalue weighted by Crippen LogP contribution is -2.50. The van der Waals surface area contributed by atoms with Gasteiger partial charge in [-0.25, -0.2) is 14.0 Å². The summed E-state index contributed by atoms with van der Waals surface area (Å²) in [6.45, 7) is 7.66. The van der Waals surface area contributed by atoms with Crippen LogP contribution in [0.5, 0.6) is 0 Å². The van der Waals surface area contributed by atoms with Gasteiger partial charge in [-0.3, -0.25) is 19.2 Å². The van der Waals surface area contributed by atoms with Gasteiger partial charge in [-0.2, -0.15) is 0 Å². The van der Waals surface area contributed by atoms with Crippen molar-refractivity contribution in [3.63, 3.8) is 0 Å². The molecule has 1 fully saturated rings. The second-order valence-corrected chi connectivity index (χ2v) is 12.5. The first-order valence-corrected chi connectivity index (χ1v) is 16.1. The van der Waals surface area contributed by atoms with Gasteiger partial charge in [-0.1, -0.05) is 51.8 Å². The molecule has 1 saturated carbocycles. The van der Waals surface area contributed by atoms with Crippen molar-refractivity contribution >= 4 is 29.3 Å². The maximum absolute atomic E-state index is 15.6. The van der Waals surface area contributed by atoms with Crippen LogP contribution in [0.2, 0.25) is 0 Å². The molecular formula is C33H45FN8O5. The van der Waals surface area contributed by atoms with E-state index < -0.39 is 35.6 Å². The molecule has 2 aromatic heterocycles. The average molecular weight is 653 g/mol. The highest BCUT2D eigenvalue weighted by Gasteiger charge is 2.35. The van der Waals surface area contributed by atoms with Crippen LogP contribution >= 0.6 is 0 Å². The smallest absolute Gasteiger partial charge is 0.276 e. The van der Waals surface area contributed by atoms with Crippen molar-refractivity contribution in [2.45, 2.75) is 90.8 Å². The van der Waals surface area contributed by atoms with E-state index in [1.807, 2.05) is 14.0 Å². The second-order valence-electron chi connectivity index (χ2n) is 12.5. The predicted octanol–water partition coefficient (Wildman–Crippen LogP) is 3.72. The Bertz CT molecular complexity index is 1560. The summed E-state index contributed by atoms with van der Waals surface area (Å²) in [4.78, 5) is 58.4. The molecule has 3 aromatic rings. The monoisotopic (exact) mass is 652 g/mol. The van der Waals surface area contributed by atoms with Crippen LogP contribution in [0.3, 0.4) is 0 Å². The molecule has 254 valence electrons. The molecule has 0 saturated heterocycles. The first-order valence-electron chi connectivity index (χ1n) is 16.1. The Labute approximate surface area is 274 Å². The van der Waals surface area contributed by atoms with Crippen molar-refractivity contribution in [1.29, 1.82) is 0 Å². The Morgan fingerprint density at radius 2 is 1.83 bits per heavy atom. The zero-order chi connectivity index (χ0) is 34.2. The van der Waals surface area contributed by atoms with Gasteiger partial charge in [0.05, 0.1) is 24.3 Å². The summed E-state index contributed by atoms with van der Waals surface area (Å²) in [5.41, 5.74) is 1.59. The van der Waals surface area contributed by atoms with E-state index in [2.05, 4.69) is 38.2 Å². The van der Waals surface area contributed by atoms with Gasteiger partial charge >= 0.3 is 0 Å². The summed E-state index contributed by atoms with van der Waals surface area (Å²) in [6, 6.07) is 2.40. The maximum Gasteiger partial charge on any atom is 0.276 e. The Hall–Kier alpha value is -4.62. The van der Waals surface area contributed by atoms with E-state index in [0.717, 1.165) is 31.4 Å². The molecule has 1 aliphatic carbocycles. The fourth-order valence-corrected chi connectivity index (χ4v) is 5.93. The molecular weight excluding hydrogens is 607 g/mol. The number of carbonyl (C=O) groups excluding carboxylic acids is 4. The molecule has 0 spiro atoms. The third-order valence-electron chi connectivity index (χ3n) is 9.08. The van der Waals surface area contributed by atoms with E-state index in [1.54, 1.807) is 44.1 Å². The molecule has 0 aliphatic heterocycles. The topological polar surface area (TPSA) is 164 Å². The standard InChI is InChI=1S/C33H45FN8O5/c1-7-25-30(40-47-39-25)32(45)38-29(21-11-9-19(3)10-12-21)31(44)36-26-14-13-22(15-24(26)34)20(4)28(37-27(43)8-2)33(46)41(5)17-23-16-35-18-42(23)6/h13-16,18-21,28-29H,7-12,17H2,1-6H3,(H,36,44)(H,37,43)(H,38,45)/t19?,20-,21?,28+,29-/m0/s1. The summed E-state index contributed by atoms with van der Waals surface area (Å²) in [6.07, 6.45) is 7.16. The summed E-state index contributed by atoms with van der Waals surface area (Å²) in [7, 11) is 3.46. The van der Waals surface area contributed by atoms with Crippen LogP contribution < -0.4 is 16.0 Å². The number of halogens is 1. The van der Waals surface area contributed by atoms with Crippen molar-refractivity contribution in [1.82, 2.24) is 35.4 Å². The maximum atomic E-state index is 15.6. The summed E-state index contributed by atoms with van der Waals surface area (Å²) in [5, 5.41) is 15.7. The number of imidazole rings is 1. The van der Waals surface area contributed by atoms with Crippen LogP contribution in [0.15, 0.2) is 35.4 Å². The van der Waals surface area contributed by atoms with Crippen molar-refractivity contribution in [3.05, 3.63) is 59.2 Å². The Kier molecular flexibility index (Phi) is 11.8. The van der Waals surface area contributed by atoms with Gasteiger partial charge in [-0.15, -0.1) is 0 Å². The number of hydrogen-bond acceptors (Lipinski definition) is 8. The third kappa shape index (κ3) is 8.60. The average Bonchev–Trinajstić information content (AvgIpc) is 3.71. The second kappa shape index (κ2) is 15.8. The number of amides is 4. The number of benzene rings is 1. The van der Waals surface area contributed by atoms with Crippen LogP contribution in [-0.2, 0) is 34.4 Å². The lowest BCUT2D eigenvalue weighted by atomic mass is 9.79. The highest BCUT2D eigenvalue weighted by atomic mass is 19.1. The fourth-order valence-electron chi connectivity index (χ4n) is 5.93. The zero-order valence-electron chi connectivity index (χ0n) is 27.9. The lowest BCUT2D eigenvalue weighted by Gasteiger charge is -2.32. The van der Waals surface area contributed by atoms with E-state index >= 15 is 4.39 Å². The molecule has 0 unspecified atom stereocenters. The molecule has 14 heteroatoms. The zero-order valence-corrected chi connectivity index (χ0v) is 27.9. The number of nitrogens with one attached hydrogen (secondary N) is 3. The Morgan fingerprint density at radius 1 is 1.11 bits per heavy atom. The van der Waals surface area contributed by atoms with Gasteiger partial charge in [0.1, 0.15) is 23.6 Å². The number of hydrogen-bond donors (Lipinski definition) is 3. The Balaban J connectivity index is 1.52. The molecule has 13 nitrogen and oxygen atoms in total. The van der Waals surface area contributed by atoms with Crippen LogP contribution in [0.4, 0.5) is 10.1 Å². The normalized spacial score (nSPS) is 18.1. The molecule has 47 heavy (non-hydrogen) atoms. The van der Waals surface area contributed by atoms with E-state index in [4.69, 9.17) is 4.63 Å². The minimum Gasteiger partial charge on any atom is -0.344 e. The highest BCUT2D eigenvalue weighted by molar-refractivity contribution is 6.01. The third-order valence-corrected chi connectivity index (χ3v) is 9.08. The quantitative estimate of drug-likeness (QED) is 0.251. The first-order chi connectivity index (χ1) is 22.4. The summed E-state index contributed by atoms with van der Waals surface area (Å²) in [5.74, 6) is -2.74. The minimum absolute atomic E-state index is 0.0178. The molecule has 3 N–H and O–H groups in total. The number of nitrogens with zero attached hydrogens (tertiary/aromatic N) is 5. The number of anilines is 1. The van der Waals surface area contributed by atoms with Gasteiger partial charge in [0.15, 0.2) is 5.69 Å². The van der Waals surface area contributed by atoms with Crippen molar-refractivity contribution in [2.75, 3.05) is 12.4 Å². The molecule has 2 heterocycles. The Morgan fingerprint density at radius 3 is 2.45 bits per heavy atom. The van der Waals surface area contributed by atoms with Gasteiger partial charge in [0.25, 0.3) is 5.91 Å². The molecule has 1 aliphatic rings. The predicted molar refractivity (Wildman–Crippen MR) is 171 cm³/mol. The van der Waals surface area contributed by atoms with Crippen molar-refractivity contribution < 1.29 is 28.2 Å². The van der Waals surface area contributed by atoms with E-state index in [1.165, 1.54) is 17.0 Å². The molecule has 4 amide bonds. The lowest BCUT2D eigenvalue weighted by molar-refractivity contribution is -0.136. The van der Waals surface area contributed by atoms with Gasteiger partial charge < -0.3 is 25.4 Å². The molecule has 0 bridgehead atoms. The minimum atomic E-state index is -0.965. The van der Waals surface area contributed by atoms with E-state index in [0.29, 0.717) is 23.6 Å². The van der Waals surface area contributed by atoms with Crippen LogP contribution in [-0.4, -0.2) is 67.5 Å². The fraction of sp³-hybridized carbons (Fsp3) is 0.545. The highest BCUT2D eigenvalue weighted by Crippen LogP contribution is 2.32. The number of carbonyl (C=O) groups is 4. The van der Waals surface area contributed by atoms with Gasteiger partial charge in [-0.05, 0) is 54.0 Å². The number of likely N-dealkylation sites (N-methyl/N-ethyl adjacent to an activating group) is 1. The molecule has 4 rings (SSSR count). The summed E-state index contributed by atoms with van der Waals surface area (Å²) < 4.78 is 22.2. The van der Waals surface area contributed by atoms with Crippen LogP contribution in [0.25, 0.3) is 0 Å². The van der Waals surface area contributed by atoms with Crippen molar-refractivity contribution in [3.8, 4) is 0 Å². The SMILES string of the molecule is CCC(=O)N[C@@H](C(=O)N(C)Cc1cncn1C)[C@@H](C)c1ccc(NC(=O)[C@@H](NC(=O)c2nonc2CC)C2CCC(C)CC2)c(F)c1. The van der Waals surface area contributed by atoms with E-state index in [9.17, 15) is 19.2 Å². The van der Waals surface area contributed by atoms with Gasteiger partial charge in [0, 0.05) is 32.6 Å². The van der Waals surface area contributed by atoms with Crippen molar-refractivity contribution in [2.24, 2.45) is 18.9 Å². The first kappa shape index (κ1) is 35.2. The number of rotatable bonds is 13. The molecule has 0 radical (unpaired) electrons. The molecule has 3 atom stereocenters. The van der Waals surface area contributed by atoms with E-state index in [-0.39, 0.29) is 42.1 Å². The summed E-state index contributed by atoms with van der Waals surface area (Å²) >= 11 is 0. The number of aromatic nitrogens is 4. The van der Waals surface area contributed by atoms with Gasteiger partial charge in [0.2, 0.25) is 17.7 Å². The molecule has 1 aromatic carbocycles. The van der Waals surface area contributed by atoms with Crippen LogP contribution in [0.1, 0.15) is 93.2 Å².